The molecule has 1 aromatic rings. The fraction of sp³-hybridized carbons (Fsp3) is 0.533. The summed E-state index contributed by atoms with van der Waals surface area (Å²) < 4.78 is 0. The fourth-order valence-corrected chi connectivity index (χ4v) is 2.77. The van der Waals surface area contributed by atoms with Crippen LogP contribution in [0.5, 0.6) is 0 Å². The SMILES string of the molecule is Cl.Cl.O=C(CN[C@H]1CC1c1ccccc1)NC1CCNC1. The number of nitrogens with one attached hydrogen (secondary N) is 3. The molecule has 4 nitrogen and oxygen atoms in total. The number of amides is 1. The summed E-state index contributed by atoms with van der Waals surface area (Å²) in [4.78, 5) is 11.8. The minimum atomic E-state index is 0. The standard InChI is InChI=1S/C15H21N3O.2ClH/c19-15(18-12-6-7-16-9-12)10-17-14-8-13(14)11-4-2-1-3-5-11;;/h1-5,12-14,16-17H,6-10H2,(H,18,19);2*1H/t12?,13?,14-;;/m0../s1. The summed E-state index contributed by atoms with van der Waals surface area (Å²) >= 11 is 0. The van der Waals surface area contributed by atoms with Crippen molar-refractivity contribution in [1.29, 1.82) is 0 Å². The predicted octanol–water partition coefficient (Wildman–Crippen LogP) is 1.45. The molecular formula is C15H23Cl2N3O. The Labute approximate surface area is 138 Å². The van der Waals surface area contributed by atoms with E-state index in [-0.39, 0.29) is 30.7 Å². The van der Waals surface area contributed by atoms with Crippen molar-refractivity contribution in [3.63, 3.8) is 0 Å². The highest BCUT2D eigenvalue weighted by atomic mass is 35.5. The highest BCUT2D eigenvalue weighted by Crippen LogP contribution is 2.40. The zero-order chi connectivity index (χ0) is 13.1. The number of hydrogen-bond donors (Lipinski definition) is 3. The van der Waals surface area contributed by atoms with Gasteiger partial charge in [0.15, 0.2) is 0 Å². The number of rotatable bonds is 5. The Morgan fingerprint density at radius 1 is 1.24 bits per heavy atom. The highest BCUT2D eigenvalue weighted by molar-refractivity contribution is 5.85. The Hall–Kier alpha value is -0.810. The van der Waals surface area contributed by atoms with Gasteiger partial charge < -0.3 is 16.0 Å². The van der Waals surface area contributed by atoms with Crippen LogP contribution < -0.4 is 16.0 Å². The van der Waals surface area contributed by atoms with Crippen LogP contribution >= 0.6 is 24.8 Å². The van der Waals surface area contributed by atoms with Gasteiger partial charge in [-0.05, 0) is 24.9 Å². The average molecular weight is 332 g/mol. The van der Waals surface area contributed by atoms with Crippen LogP contribution in [0, 0.1) is 0 Å². The molecule has 0 radical (unpaired) electrons. The largest absolute Gasteiger partial charge is 0.351 e. The van der Waals surface area contributed by atoms with Crippen LogP contribution in [0.2, 0.25) is 0 Å². The first-order valence-electron chi connectivity index (χ1n) is 7.11. The van der Waals surface area contributed by atoms with Crippen LogP contribution in [0.15, 0.2) is 30.3 Å². The Morgan fingerprint density at radius 2 is 2.00 bits per heavy atom. The van der Waals surface area contributed by atoms with Crippen LogP contribution in [-0.2, 0) is 4.79 Å². The van der Waals surface area contributed by atoms with Crippen molar-refractivity contribution in [2.45, 2.75) is 30.8 Å². The third-order valence-electron chi connectivity index (χ3n) is 3.97. The summed E-state index contributed by atoms with van der Waals surface area (Å²) in [7, 11) is 0. The summed E-state index contributed by atoms with van der Waals surface area (Å²) in [6.07, 6.45) is 2.18. The summed E-state index contributed by atoms with van der Waals surface area (Å²) in [5.41, 5.74) is 1.38. The fourth-order valence-electron chi connectivity index (χ4n) is 2.77. The molecule has 0 aromatic heterocycles. The minimum Gasteiger partial charge on any atom is -0.351 e. The molecule has 3 atom stereocenters. The summed E-state index contributed by atoms with van der Waals surface area (Å²) in [5.74, 6) is 0.703. The molecule has 1 aromatic carbocycles. The molecule has 1 saturated carbocycles. The lowest BCUT2D eigenvalue weighted by atomic mass is 10.1. The molecule has 1 aliphatic heterocycles. The lowest BCUT2D eigenvalue weighted by molar-refractivity contribution is -0.120. The van der Waals surface area contributed by atoms with Crippen molar-refractivity contribution < 1.29 is 4.79 Å². The topological polar surface area (TPSA) is 53.2 Å². The summed E-state index contributed by atoms with van der Waals surface area (Å²) in [5, 5.41) is 9.65. The van der Waals surface area contributed by atoms with E-state index in [1.165, 1.54) is 5.56 Å². The van der Waals surface area contributed by atoms with Crippen molar-refractivity contribution in [3.05, 3.63) is 35.9 Å². The second-order valence-electron chi connectivity index (χ2n) is 5.50. The molecule has 3 rings (SSSR count). The number of halogens is 2. The smallest absolute Gasteiger partial charge is 0.234 e. The van der Waals surface area contributed by atoms with E-state index in [1.54, 1.807) is 0 Å². The zero-order valence-electron chi connectivity index (χ0n) is 11.9. The Kier molecular flexibility index (Phi) is 7.46. The van der Waals surface area contributed by atoms with Crippen LogP contribution in [0.1, 0.15) is 24.3 Å². The van der Waals surface area contributed by atoms with Gasteiger partial charge in [0.1, 0.15) is 0 Å². The molecular weight excluding hydrogens is 309 g/mol. The summed E-state index contributed by atoms with van der Waals surface area (Å²) in [6, 6.07) is 11.3. The van der Waals surface area contributed by atoms with Gasteiger partial charge in [-0.1, -0.05) is 30.3 Å². The van der Waals surface area contributed by atoms with Crippen molar-refractivity contribution in [2.24, 2.45) is 0 Å². The van der Waals surface area contributed by atoms with Crippen molar-refractivity contribution in [3.8, 4) is 0 Å². The van der Waals surface area contributed by atoms with Gasteiger partial charge in [0, 0.05) is 24.5 Å². The van der Waals surface area contributed by atoms with Crippen molar-refractivity contribution in [2.75, 3.05) is 19.6 Å². The van der Waals surface area contributed by atoms with Gasteiger partial charge in [0.05, 0.1) is 6.54 Å². The third-order valence-corrected chi connectivity index (χ3v) is 3.97. The molecule has 1 saturated heterocycles. The third kappa shape index (κ3) is 5.15. The monoisotopic (exact) mass is 331 g/mol. The van der Waals surface area contributed by atoms with E-state index in [2.05, 4.69) is 40.2 Å². The maximum Gasteiger partial charge on any atom is 0.234 e. The molecule has 1 amide bonds. The van der Waals surface area contributed by atoms with E-state index in [1.807, 2.05) is 6.07 Å². The van der Waals surface area contributed by atoms with E-state index in [0.717, 1.165) is 25.9 Å². The predicted molar refractivity (Wildman–Crippen MR) is 89.5 cm³/mol. The van der Waals surface area contributed by atoms with Crippen LogP contribution in [-0.4, -0.2) is 37.6 Å². The molecule has 2 fully saturated rings. The second-order valence-corrected chi connectivity index (χ2v) is 5.50. The first-order chi connectivity index (χ1) is 9.33. The van der Waals surface area contributed by atoms with Crippen LogP contribution in [0.3, 0.4) is 0 Å². The number of carbonyl (C=O) groups is 1. The minimum absolute atomic E-state index is 0. The Balaban J connectivity index is 0.00000110. The molecule has 1 aliphatic carbocycles. The van der Waals surface area contributed by atoms with E-state index in [4.69, 9.17) is 0 Å². The molecule has 0 spiro atoms. The maximum absolute atomic E-state index is 11.8. The molecule has 2 aliphatic rings. The Morgan fingerprint density at radius 3 is 2.67 bits per heavy atom. The van der Waals surface area contributed by atoms with Gasteiger partial charge in [-0.3, -0.25) is 4.79 Å². The summed E-state index contributed by atoms with van der Waals surface area (Å²) in [6.45, 7) is 2.35. The number of benzene rings is 1. The van der Waals surface area contributed by atoms with Gasteiger partial charge in [0.25, 0.3) is 0 Å². The van der Waals surface area contributed by atoms with Crippen LogP contribution in [0.25, 0.3) is 0 Å². The normalized spacial score (nSPS) is 26.4. The van der Waals surface area contributed by atoms with Gasteiger partial charge >= 0.3 is 0 Å². The number of hydrogen-bond acceptors (Lipinski definition) is 3. The van der Waals surface area contributed by atoms with Crippen LogP contribution in [0.4, 0.5) is 0 Å². The maximum atomic E-state index is 11.8. The van der Waals surface area contributed by atoms with Crippen molar-refractivity contribution in [1.82, 2.24) is 16.0 Å². The molecule has 6 heteroatoms. The van der Waals surface area contributed by atoms with Gasteiger partial charge in [-0.2, -0.15) is 0 Å². The van der Waals surface area contributed by atoms with Gasteiger partial charge in [0.2, 0.25) is 5.91 Å². The second kappa shape index (κ2) is 8.59. The number of carbonyl (C=O) groups excluding carboxylic acids is 1. The van der Waals surface area contributed by atoms with E-state index < -0.39 is 0 Å². The zero-order valence-corrected chi connectivity index (χ0v) is 13.5. The highest BCUT2D eigenvalue weighted by Gasteiger charge is 2.37. The quantitative estimate of drug-likeness (QED) is 0.765. The van der Waals surface area contributed by atoms with Crippen molar-refractivity contribution >= 4 is 30.7 Å². The lowest BCUT2D eigenvalue weighted by Gasteiger charge is -2.11. The van der Waals surface area contributed by atoms with Gasteiger partial charge in [-0.25, -0.2) is 0 Å². The first-order valence-corrected chi connectivity index (χ1v) is 7.11. The molecule has 3 N–H and O–H groups in total. The van der Waals surface area contributed by atoms with E-state index in [0.29, 0.717) is 24.5 Å². The molecule has 118 valence electrons. The molecule has 2 unspecified atom stereocenters. The molecule has 1 heterocycles. The van der Waals surface area contributed by atoms with E-state index in [9.17, 15) is 4.79 Å². The molecule has 21 heavy (non-hydrogen) atoms. The lowest BCUT2D eigenvalue weighted by Crippen LogP contribution is -2.42. The molecule has 0 bridgehead atoms. The average Bonchev–Trinajstić information content (AvgIpc) is 3.05. The first kappa shape index (κ1) is 18.2. The van der Waals surface area contributed by atoms with Gasteiger partial charge in [-0.15, -0.1) is 24.8 Å². The Bertz CT molecular complexity index is 438. The van der Waals surface area contributed by atoms with E-state index >= 15 is 0 Å².